The smallest absolute Gasteiger partial charge is 0.167 e. The third-order valence-electron chi connectivity index (χ3n) is 3.94. The van der Waals surface area contributed by atoms with Crippen LogP contribution in [0.2, 0.25) is 0 Å². The van der Waals surface area contributed by atoms with Crippen molar-refractivity contribution in [2.24, 2.45) is 0 Å². The van der Waals surface area contributed by atoms with E-state index in [-0.39, 0.29) is 11.9 Å². The number of hydrogen-bond donors (Lipinski definition) is 0. The molecule has 0 N–H and O–H groups in total. The summed E-state index contributed by atoms with van der Waals surface area (Å²) in [5.74, 6) is -1.12. The molecule has 2 aromatic rings. The van der Waals surface area contributed by atoms with Crippen LogP contribution in [0.4, 0.5) is 8.78 Å². The number of nitrogens with zero attached hydrogens (tertiary/aromatic N) is 3. The number of hydrogen-bond acceptors (Lipinski definition) is 4. The monoisotopic (exact) mass is 319 g/mol. The molecular formula is C17H19F2N3O. The van der Waals surface area contributed by atoms with Crippen molar-refractivity contribution < 1.29 is 13.5 Å². The second-order valence-corrected chi connectivity index (χ2v) is 5.82. The molecule has 0 saturated carbocycles. The van der Waals surface area contributed by atoms with E-state index in [0.29, 0.717) is 0 Å². The van der Waals surface area contributed by atoms with E-state index in [9.17, 15) is 8.78 Å². The molecular weight excluding hydrogens is 300 g/mol. The Bertz CT molecular complexity index is 655. The van der Waals surface area contributed by atoms with Gasteiger partial charge in [0.2, 0.25) is 0 Å². The van der Waals surface area contributed by atoms with Crippen LogP contribution in [-0.2, 0) is 6.54 Å². The zero-order valence-corrected chi connectivity index (χ0v) is 13.0. The van der Waals surface area contributed by atoms with E-state index < -0.39 is 11.6 Å². The molecule has 1 aromatic heterocycles. The number of aryl methyl sites for hydroxylation is 1. The van der Waals surface area contributed by atoms with Gasteiger partial charge in [-0.3, -0.25) is 14.9 Å². The molecule has 0 spiro atoms. The molecule has 122 valence electrons. The Labute approximate surface area is 134 Å². The molecule has 3 rings (SSSR count). The Balaban J connectivity index is 1.51. The van der Waals surface area contributed by atoms with Crippen LogP contribution in [0.15, 0.2) is 30.6 Å². The van der Waals surface area contributed by atoms with E-state index >= 15 is 0 Å². The quantitative estimate of drug-likeness (QED) is 0.868. The molecule has 0 bridgehead atoms. The SMILES string of the molecule is Cc1cnc(CN2CCC(Oc3ccc(F)cc3F)CC2)cn1. The fourth-order valence-corrected chi connectivity index (χ4v) is 2.67. The molecule has 2 heterocycles. The highest BCUT2D eigenvalue weighted by molar-refractivity contribution is 5.25. The van der Waals surface area contributed by atoms with Crippen molar-refractivity contribution in [2.75, 3.05) is 13.1 Å². The Hall–Kier alpha value is -2.08. The lowest BCUT2D eigenvalue weighted by atomic mass is 10.1. The van der Waals surface area contributed by atoms with Gasteiger partial charge in [-0.15, -0.1) is 0 Å². The fourth-order valence-electron chi connectivity index (χ4n) is 2.67. The van der Waals surface area contributed by atoms with Crippen LogP contribution in [0, 0.1) is 18.6 Å². The summed E-state index contributed by atoms with van der Waals surface area (Å²) in [7, 11) is 0. The Kier molecular flexibility index (Phi) is 4.81. The van der Waals surface area contributed by atoms with Gasteiger partial charge < -0.3 is 4.74 Å². The first-order valence-corrected chi connectivity index (χ1v) is 7.72. The van der Waals surface area contributed by atoms with E-state index in [1.165, 1.54) is 12.1 Å². The molecule has 23 heavy (non-hydrogen) atoms. The van der Waals surface area contributed by atoms with Crippen molar-refractivity contribution in [1.29, 1.82) is 0 Å². The van der Waals surface area contributed by atoms with Crippen LogP contribution in [0.1, 0.15) is 24.2 Å². The van der Waals surface area contributed by atoms with Crippen LogP contribution < -0.4 is 4.74 Å². The summed E-state index contributed by atoms with van der Waals surface area (Å²) in [6.45, 7) is 4.37. The third kappa shape index (κ3) is 4.22. The van der Waals surface area contributed by atoms with Crippen LogP contribution >= 0.6 is 0 Å². The predicted molar refractivity (Wildman–Crippen MR) is 82.1 cm³/mol. The van der Waals surface area contributed by atoms with Crippen molar-refractivity contribution in [3.63, 3.8) is 0 Å². The third-order valence-corrected chi connectivity index (χ3v) is 3.94. The number of likely N-dealkylation sites (tertiary alicyclic amines) is 1. The maximum Gasteiger partial charge on any atom is 0.167 e. The second-order valence-electron chi connectivity index (χ2n) is 5.82. The fraction of sp³-hybridized carbons (Fsp3) is 0.412. The van der Waals surface area contributed by atoms with Crippen LogP contribution in [0.25, 0.3) is 0 Å². The average molecular weight is 319 g/mol. The van der Waals surface area contributed by atoms with Gasteiger partial charge >= 0.3 is 0 Å². The Morgan fingerprint density at radius 3 is 2.61 bits per heavy atom. The maximum atomic E-state index is 13.6. The zero-order chi connectivity index (χ0) is 16.2. The van der Waals surface area contributed by atoms with Crippen molar-refractivity contribution in [1.82, 2.24) is 14.9 Å². The highest BCUT2D eigenvalue weighted by Crippen LogP contribution is 2.23. The molecule has 1 aliphatic rings. The summed E-state index contributed by atoms with van der Waals surface area (Å²) >= 11 is 0. The van der Waals surface area contributed by atoms with Crippen molar-refractivity contribution in [2.45, 2.75) is 32.4 Å². The predicted octanol–water partition coefficient (Wildman–Crippen LogP) is 3.11. The first-order valence-electron chi connectivity index (χ1n) is 7.72. The summed E-state index contributed by atoms with van der Waals surface area (Å²) in [5.41, 5.74) is 1.85. The van der Waals surface area contributed by atoms with Gasteiger partial charge in [-0.25, -0.2) is 8.78 Å². The molecule has 1 saturated heterocycles. The normalized spacial score (nSPS) is 16.5. The van der Waals surface area contributed by atoms with Gasteiger partial charge in [-0.2, -0.15) is 0 Å². The minimum Gasteiger partial charge on any atom is -0.487 e. The molecule has 0 atom stereocenters. The lowest BCUT2D eigenvalue weighted by molar-refractivity contribution is 0.0927. The largest absolute Gasteiger partial charge is 0.487 e. The van der Waals surface area contributed by atoms with Gasteiger partial charge in [-0.1, -0.05) is 0 Å². The minimum absolute atomic E-state index is 0.0460. The lowest BCUT2D eigenvalue weighted by Crippen LogP contribution is -2.38. The Morgan fingerprint density at radius 2 is 1.96 bits per heavy atom. The van der Waals surface area contributed by atoms with Gasteiger partial charge in [0, 0.05) is 38.1 Å². The lowest BCUT2D eigenvalue weighted by Gasteiger charge is -2.31. The molecule has 1 aromatic carbocycles. The van der Waals surface area contributed by atoms with Gasteiger partial charge in [0.25, 0.3) is 0 Å². The van der Waals surface area contributed by atoms with E-state index in [1.807, 2.05) is 6.92 Å². The zero-order valence-electron chi connectivity index (χ0n) is 13.0. The van der Waals surface area contributed by atoms with E-state index in [2.05, 4.69) is 14.9 Å². The van der Waals surface area contributed by atoms with Crippen molar-refractivity contribution in [3.05, 3.63) is 53.6 Å². The van der Waals surface area contributed by atoms with Crippen LogP contribution in [0.3, 0.4) is 0 Å². The van der Waals surface area contributed by atoms with E-state index in [1.54, 1.807) is 12.4 Å². The number of benzene rings is 1. The topological polar surface area (TPSA) is 38.2 Å². The number of ether oxygens (including phenoxy) is 1. The van der Waals surface area contributed by atoms with Gasteiger partial charge in [-0.05, 0) is 31.9 Å². The minimum atomic E-state index is -0.651. The van der Waals surface area contributed by atoms with Crippen molar-refractivity contribution >= 4 is 0 Å². The number of piperidine rings is 1. The Morgan fingerprint density at radius 1 is 1.17 bits per heavy atom. The number of rotatable bonds is 4. The highest BCUT2D eigenvalue weighted by Gasteiger charge is 2.22. The second kappa shape index (κ2) is 7.00. The standard InChI is InChI=1S/C17H19F2N3O/c1-12-9-21-14(10-20-12)11-22-6-4-15(5-7-22)23-17-3-2-13(18)8-16(17)19/h2-3,8-10,15H,4-7,11H2,1H3. The summed E-state index contributed by atoms with van der Waals surface area (Å²) in [6, 6.07) is 3.41. The summed E-state index contributed by atoms with van der Waals surface area (Å²) in [4.78, 5) is 10.9. The highest BCUT2D eigenvalue weighted by atomic mass is 19.1. The summed E-state index contributed by atoms with van der Waals surface area (Å²) in [5, 5.41) is 0. The van der Waals surface area contributed by atoms with Gasteiger partial charge in [0.1, 0.15) is 11.9 Å². The molecule has 1 aliphatic heterocycles. The van der Waals surface area contributed by atoms with Gasteiger partial charge in [0.05, 0.1) is 11.4 Å². The number of halogens is 2. The average Bonchev–Trinajstić information content (AvgIpc) is 2.54. The molecule has 6 heteroatoms. The first-order chi connectivity index (χ1) is 11.1. The van der Waals surface area contributed by atoms with Gasteiger partial charge in [0.15, 0.2) is 11.6 Å². The van der Waals surface area contributed by atoms with Crippen LogP contribution in [0.5, 0.6) is 5.75 Å². The summed E-state index contributed by atoms with van der Waals surface area (Å²) < 4.78 is 32.2. The molecule has 0 aliphatic carbocycles. The summed E-state index contributed by atoms with van der Waals surface area (Å²) in [6.07, 6.45) is 5.12. The molecule has 1 fully saturated rings. The molecule has 0 radical (unpaired) electrons. The molecule has 4 nitrogen and oxygen atoms in total. The van der Waals surface area contributed by atoms with Crippen LogP contribution in [-0.4, -0.2) is 34.1 Å². The molecule has 0 unspecified atom stereocenters. The first kappa shape index (κ1) is 15.8. The van der Waals surface area contributed by atoms with E-state index in [4.69, 9.17) is 4.74 Å². The maximum absolute atomic E-state index is 13.6. The van der Waals surface area contributed by atoms with Crippen molar-refractivity contribution in [3.8, 4) is 5.75 Å². The number of aromatic nitrogens is 2. The van der Waals surface area contributed by atoms with E-state index in [0.717, 1.165) is 49.9 Å². The molecule has 0 amide bonds.